The Morgan fingerprint density at radius 2 is 1.50 bits per heavy atom. The smallest absolute Gasteiger partial charge is 0.355 e. The van der Waals surface area contributed by atoms with Crippen LogP contribution in [-0.4, -0.2) is 23.3 Å². The van der Waals surface area contributed by atoms with Crippen LogP contribution in [0, 0.1) is 0 Å². The Morgan fingerprint density at radius 3 is 2.00 bits per heavy atom. The first-order valence-electron chi connectivity index (χ1n) is 6.23. The van der Waals surface area contributed by atoms with Gasteiger partial charge in [-0.3, -0.25) is 0 Å². The highest BCUT2D eigenvalue weighted by molar-refractivity contribution is 5.37. The summed E-state index contributed by atoms with van der Waals surface area (Å²) in [5, 5.41) is 6.96. The minimum Gasteiger partial charge on any atom is -0.355 e. The molecule has 2 rings (SSSR count). The van der Waals surface area contributed by atoms with Gasteiger partial charge in [-0.05, 0) is 25.0 Å². The number of anilines is 1. The number of halogens is 3. The molecule has 0 bridgehead atoms. The molecule has 6 heteroatoms. The van der Waals surface area contributed by atoms with Crippen molar-refractivity contribution >= 4 is 5.82 Å². The molecule has 0 spiro atoms. The predicted molar refractivity (Wildman–Crippen MR) is 62.3 cm³/mol. The Hall–Kier alpha value is -1.33. The van der Waals surface area contributed by atoms with Crippen molar-refractivity contribution in [3.05, 3.63) is 17.8 Å². The largest absolute Gasteiger partial charge is 0.435 e. The fraction of sp³-hybridized carbons (Fsp3) is 0.667. The summed E-state index contributed by atoms with van der Waals surface area (Å²) in [5.41, 5.74) is -0.932. The van der Waals surface area contributed by atoms with Gasteiger partial charge in [0.15, 0.2) is 11.5 Å². The first-order chi connectivity index (χ1) is 8.57. The summed E-state index contributed by atoms with van der Waals surface area (Å²) >= 11 is 0. The average Bonchev–Trinajstić information content (AvgIpc) is 2.27. The summed E-state index contributed by atoms with van der Waals surface area (Å²) in [6, 6.07) is 2.42. The molecule has 18 heavy (non-hydrogen) atoms. The Kier molecular flexibility index (Phi) is 4.04. The van der Waals surface area contributed by atoms with Crippen molar-refractivity contribution < 1.29 is 13.2 Å². The van der Waals surface area contributed by atoms with Gasteiger partial charge in [0.05, 0.1) is 0 Å². The van der Waals surface area contributed by atoms with E-state index < -0.39 is 11.9 Å². The number of hydrogen-bond acceptors (Lipinski definition) is 3. The van der Waals surface area contributed by atoms with E-state index in [0.717, 1.165) is 32.0 Å². The fourth-order valence-electron chi connectivity index (χ4n) is 2.12. The molecule has 1 aliphatic heterocycles. The average molecular weight is 259 g/mol. The van der Waals surface area contributed by atoms with Gasteiger partial charge in [0.1, 0.15) is 0 Å². The van der Waals surface area contributed by atoms with Crippen molar-refractivity contribution in [3.8, 4) is 0 Å². The molecule has 0 N–H and O–H groups in total. The first kappa shape index (κ1) is 13.1. The van der Waals surface area contributed by atoms with E-state index in [4.69, 9.17) is 0 Å². The first-order valence-corrected chi connectivity index (χ1v) is 6.23. The minimum atomic E-state index is -4.41. The van der Waals surface area contributed by atoms with Crippen LogP contribution in [0.25, 0.3) is 0 Å². The highest BCUT2D eigenvalue weighted by atomic mass is 19.4. The predicted octanol–water partition coefficient (Wildman–Crippen LogP) is 3.27. The van der Waals surface area contributed by atoms with Crippen molar-refractivity contribution in [2.24, 2.45) is 0 Å². The molecule has 100 valence electrons. The van der Waals surface area contributed by atoms with E-state index in [0.29, 0.717) is 5.82 Å². The van der Waals surface area contributed by atoms with Crippen LogP contribution in [0.2, 0.25) is 0 Å². The summed E-state index contributed by atoms with van der Waals surface area (Å²) in [6.07, 6.45) is 1.29. The third kappa shape index (κ3) is 3.34. The lowest BCUT2D eigenvalue weighted by Crippen LogP contribution is -2.28. The third-order valence-electron chi connectivity index (χ3n) is 3.12. The standard InChI is InChI=1S/C12H16F3N3/c13-12(14,15)10-6-7-11(17-16-10)18-8-4-2-1-3-5-9-18/h6-7H,1-5,8-9H2. The van der Waals surface area contributed by atoms with Crippen molar-refractivity contribution in [1.82, 2.24) is 10.2 Å². The van der Waals surface area contributed by atoms with Gasteiger partial charge in [-0.15, -0.1) is 10.2 Å². The Bertz CT molecular complexity index is 367. The van der Waals surface area contributed by atoms with Gasteiger partial charge < -0.3 is 4.90 Å². The van der Waals surface area contributed by atoms with Gasteiger partial charge in [-0.1, -0.05) is 19.3 Å². The van der Waals surface area contributed by atoms with Crippen LogP contribution in [0.3, 0.4) is 0 Å². The molecule has 0 atom stereocenters. The molecular weight excluding hydrogens is 243 g/mol. The lowest BCUT2D eigenvalue weighted by molar-refractivity contribution is -0.141. The topological polar surface area (TPSA) is 29.0 Å². The van der Waals surface area contributed by atoms with Crippen LogP contribution in [0.5, 0.6) is 0 Å². The lowest BCUT2D eigenvalue weighted by atomic mass is 10.1. The zero-order valence-corrected chi connectivity index (χ0v) is 10.1. The maximum Gasteiger partial charge on any atom is 0.435 e. The van der Waals surface area contributed by atoms with E-state index in [1.54, 1.807) is 0 Å². The summed E-state index contributed by atoms with van der Waals surface area (Å²) in [5.74, 6) is 0.546. The van der Waals surface area contributed by atoms with Crippen LogP contribution >= 0.6 is 0 Å². The SMILES string of the molecule is FC(F)(F)c1ccc(N2CCCCCCC2)nn1. The number of rotatable bonds is 1. The Labute approximate surface area is 104 Å². The monoisotopic (exact) mass is 259 g/mol. The molecule has 0 radical (unpaired) electrons. The normalized spacial score (nSPS) is 18.3. The maximum absolute atomic E-state index is 12.4. The van der Waals surface area contributed by atoms with Crippen LogP contribution < -0.4 is 4.90 Å². The number of hydrogen-bond donors (Lipinski definition) is 0. The van der Waals surface area contributed by atoms with Gasteiger partial charge in [-0.2, -0.15) is 13.2 Å². The summed E-state index contributed by atoms with van der Waals surface area (Å²) in [6.45, 7) is 1.69. The van der Waals surface area contributed by atoms with Gasteiger partial charge in [0, 0.05) is 13.1 Å². The summed E-state index contributed by atoms with van der Waals surface area (Å²) in [7, 11) is 0. The van der Waals surface area contributed by atoms with Crippen molar-refractivity contribution in [2.75, 3.05) is 18.0 Å². The lowest BCUT2D eigenvalue weighted by Gasteiger charge is -2.25. The molecule has 0 saturated carbocycles. The van der Waals surface area contributed by atoms with E-state index in [1.165, 1.54) is 25.3 Å². The van der Waals surface area contributed by atoms with E-state index >= 15 is 0 Å². The van der Waals surface area contributed by atoms with Crippen LogP contribution in [-0.2, 0) is 6.18 Å². The van der Waals surface area contributed by atoms with Gasteiger partial charge in [0.2, 0.25) is 0 Å². The molecule has 1 aromatic heterocycles. The van der Waals surface area contributed by atoms with E-state index in [-0.39, 0.29) is 0 Å². The molecule has 2 heterocycles. The zero-order valence-electron chi connectivity index (χ0n) is 10.1. The highest BCUT2D eigenvalue weighted by Crippen LogP contribution is 2.27. The molecule has 1 fully saturated rings. The third-order valence-corrected chi connectivity index (χ3v) is 3.12. The summed E-state index contributed by atoms with van der Waals surface area (Å²) < 4.78 is 37.1. The molecule has 0 aliphatic carbocycles. The van der Waals surface area contributed by atoms with Crippen LogP contribution in [0.15, 0.2) is 12.1 Å². The van der Waals surface area contributed by atoms with E-state index in [2.05, 4.69) is 10.2 Å². The molecular formula is C12H16F3N3. The van der Waals surface area contributed by atoms with Gasteiger partial charge in [0.25, 0.3) is 0 Å². The number of nitrogens with zero attached hydrogens (tertiary/aromatic N) is 3. The second-order valence-corrected chi connectivity index (χ2v) is 4.53. The Balaban J connectivity index is 2.07. The number of aromatic nitrogens is 2. The van der Waals surface area contributed by atoms with E-state index in [1.807, 2.05) is 4.90 Å². The maximum atomic E-state index is 12.4. The van der Waals surface area contributed by atoms with E-state index in [9.17, 15) is 13.2 Å². The molecule has 0 amide bonds. The van der Waals surface area contributed by atoms with Crippen molar-refractivity contribution in [2.45, 2.75) is 38.3 Å². The van der Waals surface area contributed by atoms with Crippen molar-refractivity contribution in [3.63, 3.8) is 0 Å². The number of alkyl halides is 3. The molecule has 3 nitrogen and oxygen atoms in total. The van der Waals surface area contributed by atoms with Crippen molar-refractivity contribution in [1.29, 1.82) is 0 Å². The molecule has 0 unspecified atom stereocenters. The second kappa shape index (κ2) is 5.54. The zero-order chi connectivity index (χ0) is 13.0. The van der Waals surface area contributed by atoms with Crippen LogP contribution in [0.4, 0.5) is 19.0 Å². The molecule has 1 saturated heterocycles. The van der Waals surface area contributed by atoms with Gasteiger partial charge >= 0.3 is 6.18 Å². The molecule has 0 aromatic carbocycles. The summed E-state index contributed by atoms with van der Waals surface area (Å²) in [4.78, 5) is 2.02. The van der Waals surface area contributed by atoms with Crippen LogP contribution in [0.1, 0.15) is 37.8 Å². The Morgan fingerprint density at radius 1 is 0.889 bits per heavy atom. The minimum absolute atomic E-state index is 0.546. The second-order valence-electron chi connectivity index (χ2n) is 4.53. The highest BCUT2D eigenvalue weighted by Gasteiger charge is 2.33. The molecule has 1 aromatic rings. The fourth-order valence-corrected chi connectivity index (χ4v) is 2.12. The quantitative estimate of drug-likeness (QED) is 0.775. The molecule has 1 aliphatic rings. The van der Waals surface area contributed by atoms with Gasteiger partial charge in [-0.25, -0.2) is 0 Å².